The van der Waals surface area contributed by atoms with Crippen LogP contribution in [0.4, 0.5) is 5.69 Å². The van der Waals surface area contributed by atoms with Gasteiger partial charge in [0.1, 0.15) is 5.75 Å². The number of phenols is 1. The Labute approximate surface area is 179 Å². The summed E-state index contributed by atoms with van der Waals surface area (Å²) in [5.74, 6) is 0.299. The van der Waals surface area contributed by atoms with E-state index in [0.29, 0.717) is 5.56 Å². The van der Waals surface area contributed by atoms with Crippen LogP contribution in [0, 0.1) is 5.92 Å². The number of carbonyl (C=O) groups excluding carboxylic acids is 1. The molecule has 2 atom stereocenters. The summed E-state index contributed by atoms with van der Waals surface area (Å²) in [6.07, 6.45) is 2.34. The molecule has 0 spiro atoms. The molecule has 30 heavy (non-hydrogen) atoms. The molecule has 0 radical (unpaired) electrons. The predicted molar refractivity (Wildman–Crippen MR) is 123 cm³/mol. The first-order valence-electron chi connectivity index (χ1n) is 10.8. The number of benzene rings is 2. The summed E-state index contributed by atoms with van der Waals surface area (Å²) in [5.41, 5.74) is 6.80. The Morgan fingerprint density at radius 3 is 2.40 bits per heavy atom. The standard InChI is InChI=1S/C25H33N3O2/c1-6-28(7-2)20-13-10-18(23(29)14-20)16-26-27-24(30)22-15-21(22)17-8-11-19(12-9-17)25(3,4)5/h8-14,16,21-22,29H,6-7,15H2,1-5H3,(H,27,30)/t21-,22+/m0/s1. The van der Waals surface area contributed by atoms with E-state index in [1.807, 2.05) is 12.1 Å². The zero-order valence-electron chi connectivity index (χ0n) is 18.6. The first kappa shape index (κ1) is 21.9. The van der Waals surface area contributed by atoms with E-state index < -0.39 is 0 Å². The summed E-state index contributed by atoms with van der Waals surface area (Å²) >= 11 is 0. The molecule has 1 fully saturated rings. The van der Waals surface area contributed by atoms with E-state index in [2.05, 4.69) is 74.3 Å². The van der Waals surface area contributed by atoms with Crippen LogP contribution in [-0.2, 0) is 10.2 Å². The van der Waals surface area contributed by atoms with Gasteiger partial charge in [-0.2, -0.15) is 5.10 Å². The molecule has 0 saturated heterocycles. The van der Waals surface area contributed by atoms with Gasteiger partial charge in [-0.3, -0.25) is 4.79 Å². The summed E-state index contributed by atoms with van der Waals surface area (Å²) in [5, 5.41) is 14.3. The van der Waals surface area contributed by atoms with Crippen molar-refractivity contribution >= 4 is 17.8 Å². The van der Waals surface area contributed by atoms with Gasteiger partial charge in [0.05, 0.1) is 6.21 Å². The van der Waals surface area contributed by atoms with Gasteiger partial charge in [0.15, 0.2) is 0 Å². The van der Waals surface area contributed by atoms with Gasteiger partial charge >= 0.3 is 0 Å². The molecular formula is C25H33N3O2. The Morgan fingerprint density at radius 2 is 1.83 bits per heavy atom. The first-order chi connectivity index (χ1) is 14.2. The normalized spacial score (nSPS) is 18.4. The van der Waals surface area contributed by atoms with Gasteiger partial charge in [0.2, 0.25) is 5.91 Å². The summed E-state index contributed by atoms with van der Waals surface area (Å²) in [7, 11) is 0. The molecular weight excluding hydrogens is 374 g/mol. The van der Waals surface area contributed by atoms with Crippen LogP contribution in [0.5, 0.6) is 5.75 Å². The molecule has 0 heterocycles. The third-order valence-electron chi connectivity index (χ3n) is 5.85. The lowest BCUT2D eigenvalue weighted by Gasteiger charge is -2.21. The lowest BCUT2D eigenvalue weighted by Crippen LogP contribution is -2.21. The average molecular weight is 408 g/mol. The van der Waals surface area contributed by atoms with Gasteiger partial charge in [0, 0.05) is 36.3 Å². The quantitative estimate of drug-likeness (QED) is 0.512. The number of anilines is 1. The van der Waals surface area contributed by atoms with E-state index in [9.17, 15) is 9.90 Å². The largest absolute Gasteiger partial charge is 0.507 e. The second-order valence-electron chi connectivity index (χ2n) is 8.97. The van der Waals surface area contributed by atoms with E-state index in [0.717, 1.165) is 25.2 Å². The van der Waals surface area contributed by atoms with Crippen LogP contribution >= 0.6 is 0 Å². The fraction of sp³-hybridized carbons (Fsp3) is 0.440. The van der Waals surface area contributed by atoms with E-state index in [1.54, 1.807) is 6.07 Å². The molecule has 1 aliphatic rings. The Balaban J connectivity index is 1.56. The van der Waals surface area contributed by atoms with Crippen LogP contribution in [0.3, 0.4) is 0 Å². The van der Waals surface area contributed by atoms with Crippen molar-refractivity contribution in [2.75, 3.05) is 18.0 Å². The minimum absolute atomic E-state index is 0.0405. The molecule has 0 aliphatic heterocycles. The Morgan fingerprint density at radius 1 is 1.17 bits per heavy atom. The molecule has 0 bridgehead atoms. The molecule has 5 heteroatoms. The van der Waals surface area contributed by atoms with Crippen LogP contribution in [0.15, 0.2) is 47.6 Å². The predicted octanol–water partition coefficient (Wildman–Crippen LogP) is 4.79. The maximum absolute atomic E-state index is 12.4. The monoisotopic (exact) mass is 407 g/mol. The number of hydrogen-bond acceptors (Lipinski definition) is 4. The van der Waals surface area contributed by atoms with E-state index >= 15 is 0 Å². The minimum atomic E-state index is -0.0737. The van der Waals surface area contributed by atoms with Crippen molar-refractivity contribution in [3.8, 4) is 5.75 Å². The number of rotatable bonds is 7. The summed E-state index contributed by atoms with van der Waals surface area (Å²) in [4.78, 5) is 14.6. The molecule has 2 N–H and O–H groups in total. The molecule has 2 aromatic rings. The highest BCUT2D eigenvalue weighted by Crippen LogP contribution is 2.47. The van der Waals surface area contributed by atoms with Crippen molar-refractivity contribution in [2.24, 2.45) is 11.0 Å². The van der Waals surface area contributed by atoms with Gasteiger partial charge in [-0.1, -0.05) is 45.0 Å². The Kier molecular flexibility index (Phi) is 6.49. The molecule has 0 unspecified atom stereocenters. The number of hydrogen-bond donors (Lipinski definition) is 2. The van der Waals surface area contributed by atoms with Crippen molar-refractivity contribution in [1.82, 2.24) is 5.43 Å². The molecule has 0 aromatic heterocycles. The minimum Gasteiger partial charge on any atom is -0.507 e. The van der Waals surface area contributed by atoms with Crippen LogP contribution in [-0.4, -0.2) is 30.3 Å². The van der Waals surface area contributed by atoms with Gasteiger partial charge in [-0.05, 0) is 54.9 Å². The summed E-state index contributed by atoms with van der Waals surface area (Å²) < 4.78 is 0. The zero-order chi connectivity index (χ0) is 21.9. The topological polar surface area (TPSA) is 64.9 Å². The van der Waals surface area contributed by atoms with Crippen molar-refractivity contribution in [3.63, 3.8) is 0 Å². The van der Waals surface area contributed by atoms with Gasteiger partial charge < -0.3 is 10.0 Å². The number of hydrazone groups is 1. The molecule has 5 nitrogen and oxygen atoms in total. The van der Waals surface area contributed by atoms with Crippen LogP contribution in [0.2, 0.25) is 0 Å². The molecule has 1 amide bonds. The summed E-state index contributed by atoms with van der Waals surface area (Å²) in [6.45, 7) is 12.5. The molecule has 1 aliphatic carbocycles. The first-order valence-corrected chi connectivity index (χ1v) is 10.8. The van der Waals surface area contributed by atoms with E-state index in [1.165, 1.54) is 17.3 Å². The Hall–Kier alpha value is -2.82. The maximum atomic E-state index is 12.4. The van der Waals surface area contributed by atoms with Crippen molar-refractivity contribution in [1.29, 1.82) is 0 Å². The molecule has 3 rings (SSSR count). The maximum Gasteiger partial charge on any atom is 0.243 e. The van der Waals surface area contributed by atoms with Gasteiger partial charge in [0.25, 0.3) is 0 Å². The highest BCUT2D eigenvalue weighted by atomic mass is 16.3. The second-order valence-corrected chi connectivity index (χ2v) is 8.97. The fourth-order valence-corrected chi connectivity index (χ4v) is 3.76. The van der Waals surface area contributed by atoms with Crippen LogP contribution < -0.4 is 10.3 Å². The third-order valence-corrected chi connectivity index (χ3v) is 5.85. The van der Waals surface area contributed by atoms with Gasteiger partial charge in [-0.15, -0.1) is 0 Å². The van der Waals surface area contributed by atoms with Crippen molar-refractivity contribution < 1.29 is 9.90 Å². The van der Waals surface area contributed by atoms with Crippen LogP contribution in [0.1, 0.15) is 63.6 Å². The van der Waals surface area contributed by atoms with E-state index in [4.69, 9.17) is 0 Å². The fourth-order valence-electron chi connectivity index (χ4n) is 3.76. The lowest BCUT2D eigenvalue weighted by molar-refractivity contribution is -0.122. The summed E-state index contributed by atoms with van der Waals surface area (Å²) in [6, 6.07) is 14.1. The average Bonchev–Trinajstić information content (AvgIpc) is 3.51. The molecule has 2 aromatic carbocycles. The number of carbonyl (C=O) groups is 1. The smallest absolute Gasteiger partial charge is 0.243 e. The van der Waals surface area contributed by atoms with E-state index in [-0.39, 0.29) is 28.9 Å². The highest BCUT2D eigenvalue weighted by molar-refractivity contribution is 5.87. The van der Waals surface area contributed by atoms with Gasteiger partial charge in [-0.25, -0.2) is 5.43 Å². The number of amides is 1. The van der Waals surface area contributed by atoms with Crippen molar-refractivity contribution in [2.45, 2.75) is 52.4 Å². The number of aromatic hydroxyl groups is 1. The zero-order valence-corrected chi connectivity index (χ0v) is 18.6. The molecule has 160 valence electrons. The second kappa shape index (κ2) is 8.90. The number of nitrogens with zero attached hydrogens (tertiary/aromatic N) is 2. The van der Waals surface area contributed by atoms with Crippen molar-refractivity contribution in [3.05, 3.63) is 59.2 Å². The third kappa shape index (κ3) is 5.02. The SMILES string of the molecule is CCN(CC)c1ccc(C=NNC(=O)[C@@H]2C[C@H]2c2ccc(C(C)(C)C)cc2)c(O)c1. The molecule has 1 saturated carbocycles. The number of nitrogens with one attached hydrogen (secondary N) is 1. The highest BCUT2D eigenvalue weighted by Gasteiger charge is 2.44. The number of phenolic OH excluding ortho intramolecular Hbond substituents is 1. The van der Waals surface area contributed by atoms with Crippen LogP contribution in [0.25, 0.3) is 0 Å². The Bertz CT molecular complexity index is 909. The lowest BCUT2D eigenvalue weighted by atomic mass is 9.86.